The second-order valence-corrected chi connectivity index (χ2v) is 3.80. The Hall–Kier alpha value is -2.24. The number of aryl methyl sites for hydroxylation is 2. The van der Waals surface area contributed by atoms with Crippen molar-refractivity contribution in [2.24, 2.45) is 7.05 Å². The molecule has 0 aliphatic carbocycles. The third-order valence-electron chi connectivity index (χ3n) is 2.60. The van der Waals surface area contributed by atoms with Crippen LogP contribution < -0.4 is 0 Å². The Labute approximate surface area is 104 Å². The van der Waals surface area contributed by atoms with Crippen LogP contribution >= 0.6 is 0 Å². The van der Waals surface area contributed by atoms with Crippen LogP contribution in [0.15, 0.2) is 12.3 Å². The van der Waals surface area contributed by atoms with E-state index in [-0.39, 0.29) is 5.97 Å². The van der Waals surface area contributed by atoms with Crippen molar-refractivity contribution >= 4 is 23.1 Å². The molecule has 2 aromatic rings. The smallest absolute Gasteiger partial charge is 0.330 e. The van der Waals surface area contributed by atoms with Gasteiger partial charge in [0, 0.05) is 18.7 Å². The zero-order valence-corrected chi connectivity index (χ0v) is 10.5. The Bertz CT molecular complexity index is 616. The molecule has 94 valence electrons. The molecule has 6 heteroatoms. The third kappa shape index (κ3) is 2.22. The Morgan fingerprint density at radius 3 is 3.06 bits per heavy atom. The van der Waals surface area contributed by atoms with Gasteiger partial charge in [0.1, 0.15) is 11.0 Å². The maximum absolute atomic E-state index is 11.2. The summed E-state index contributed by atoms with van der Waals surface area (Å²) in [4.78, 5) is 15.5. The number of esters is 1. The predicted molar refractivity (Wildman–Crippen MR) is 66.7 cm³/mol. The van der Waals surface area contributed by atoms with Gasteiger partial charge in [-0.05, 0) is 19.9 Å². The van der Waals surface area contributed by atoms with Crippen LogP contribution in [0.1, 0.15) is 18.2 Å². The van der Waals surface area contributed by atoms with Gasteiger partial charge >= 0.3 is 5.97 Å². The zero-order valence-electron chi connectivity index (χ0n) is 10.5. The molecule has 0 aliphatic rings. The number of hydrogen-bond donors (Lipinski definition) is 0. The highest BCUT2D eigenvalue weighted by molar-refractivity contribution is 5.88. The lowest BCUT2D eigenvalue weighted by atomic mass is 10.2. The number of pyridine rings is 1. The van der Waals surface area contributed by atoms with Gasteiger partial charge in [-0.1, -0.05) is 5.21 Å². The quantitative estimate of drug-likeness (QED) is 0.602. The first kappa shape index (κ1) is 12.2. The van der Waals surface area contributed by atoms with Crippen molar-refractivity contribution in [3.63, 3.8) is 0 Å². The van der Waals surface area contributed by atoms with Gasteiger partial charge in [0.25, 0.3) is 0 Å². The van der Waals surface area contributed by atoms with E-state index in [4.69, 9.17) is 4.74 Å². The van der Waals surface area contributed by atoms with Crippen LogP contribution in [0.25, 0.3) is 17.1 Å². The molecule has 18 heavy (non-hydrogen) atoms. The Morgan fingerprint density at radius 2 is 2.33 bits per heavy atom. The first-order valence-electron chi connectivity index (χ1n) is 5.63. The number of hydrogen-bond acceptors (Lipinski definition) is 5. The number of rotatable bonds is 3. The van der Waals surface area contributed by atoms with Gasteiger partial charge in [-0.2, -0.15) is 0 Å². The lowest BCUT2D eigenvalue weighted by Gasteiger charge is -2.00. The number of aromatic nitrogens is 4. The summed E-state index contributed by atoms with van der Waals surface area (Å²) in [6, 6.07) is 0. The minimum Gasteiger partial charge on any atom is -0.463 e. The number of fused-ring (bicyclic) bond motifs is 1. The van der Waals surface area contributed by atoms with Gasteiger partial charge in [0.15, 0.2) is 0 Å². The zero-order chi connectivity index (χ0) is 13.1. The van der Waals surface area contributed by atoms with Gasteiger partial charge in [0.2, 0.25) is 0 Å². The first-order chi connectivity index (χ1) is 8.63. The first-order valence-corrected chi connectivity index (χ1v) is 5.63. The van der Waals surface area contributed by atoms with Crippen molar-refractivity contribution in [2.75, 3.05) is 6.61 Å². The third-order valence-corrected chi connectivity index (χ3v) is 2.60. The van der Waals surface area contributed by atoms with Crippen molar-refractivity contribution < 1.29 is 9.53 Å². The topological polar surface area (TPSA) is 69.9 Å². The second-order valence-electron chi connectivity index (χ2n) is 3.80. The fourth-order valence-corrected chi connectivity index (χ4v) is 1.63. The molecule has 2 aromatic heterocycles. The average molecular weight is 246 g/mol. The van der Waals surface area contributed by atoms with Crippen molar-refractivity contribution in [3.05, 3.63) is 23.5 Å². The number of nitrogens with zero attached hydrogens (tertiary/aromatic N) is 4. The fourth-order valence-electron chi connectivity index (χ4n) is 1.63. The Morgan fingerprint density at radius 1 is 1.56 bits per heavy atom. The molecule has 0 aromatic carbocycles. The normalized spacial score (nSPS) is 11.3. The molecule has 2 heterocycles. The molecule has 0 saturated carbocycles. The molecular formula is C12H14N4O2. The van der Waals surface area contributed by atoms with Gasteiger partial charge in [-0.25, -0.2) is 9.48 Å². The number of ether oxygens (including phenoxy) is 1. The van der Waals surface area contributed by atoms with Crippen molar-refractivity contribution in [3.8, 4) is 0 Å². The van der Waals surface area contributed by atoms with E-state index in [2.05, 4.69) is 15.3 Å². The monoisotopic (exact) mass is 246 g/mol. The minimum atomic E-state index is -0.377. The van der Waals surface area contributed by atoms with E-state index in [1.54, 1.807) is 23.9 Å². The van der Waals surface area contributed by atoms with Crippen LogP contribution in [0.3, 0.4) is 0 Å². The summed E-state index contributed by atoms with van der Waals surface area (Å²) in [7, 11) is 1.81. The largest absolute Gasteiger partial charge is 0.463 e. The summed E-state index contributed by atoms with van der Waals surface area (Å²) in [6.07, 6.45) is 4.68. The lowest BCUT2D eigenvalue weighted by molar-refractivity contribution is -0.137. The molecule has 0 N–H and O–H groups in total. The SMILES string of the molecule is CCOC(=O)/C=C/c1ncc2c(nnn2C)c1C. The molecule has 6 nitrogen and oxygen atoms in total. The molecule has 0 unspecified atom stereocenters. The maximum atomic E-state index is 11.2. The standard InChI is InChI=1S/C12H14N4O2/c1-4-18-11(17)6-5-9-8(2)12-10(7-13-9)16(3)15-14-12/h5-7H,4H2,1-3H3/b6-5+. The highest BCUT2D eigenvalue weighted by Gasteiger charge is 2.08. The number of carbonyl (C=O) groups is 1. The molecule has 0 aliphatic heterocycles. The summed E-state index contributed by atoms with van der Waals surface area (Å²) in [5.74, 6) is -0.377. The molecule has 0 bridgehead atoms. The fraction of sp³-hybridized carbons (Fsp3) is 0.333. The van der Waals surface area contributed by atoms with Crippen LogP contribution in [-0.2, 0) is 16.6 Å². The average Bonchev–Trinajstić information content (AvgIpc) is 2.72. The summed E-state index contributed by atoms with van der Waals surface area (Å²) >= 11 is 0. The van der Waals surface area contributed by atoms with Crippen molar-refractivity contribution in [1.29, 1.82) is 0 Å². The summed E-state index contributed by atoms with van der Waals surface area (Å²) in [6.45, 7) is 4.02. The van der Waals surface area contributed by atoms with Gasteiger partial charge in [0.05, 0.1) is 18.5 Å². The Balaban J connectivity index is 2.35. The minimum absolute atomic E-state index is 0.360. The molecule has 0 saturated heterocycles. The van der Waals surface area contributed by atoms with Crippen molar-refractivity contribution in [1.82, 2.24) is 20.0 Å². The molecule has 0 amide bonds. The summed E-state index contributed by atoms with van der Waals surface area (Å²) < 4.78 is 6.47. The molecule has 0 fully saturated rings. The van der Waals surface area contributed by atoms with Crippen molar-refractivity contribution in [2.45, 2.75) is 13.8 Å². The maximum Gasteiger partial charge on any atom is 0.330 e. The van der Waals surface area contributed by atoms with E-state index in [0.717, 1.165) is 16.6 Å². The van der Waals surface area contributed by atoms with Crippen LogP contribution in [-0.4, -0.2) is 32.6 Å². The number of carbonyl (C=O) groups excluding carboxylic acids is 1. The van der Waals surface area contributed by atoms with Gasteiger partial charge in [-0.3, -0.25) is 4.98 Å². The Kier molecular flexibility index (Phi) is 3.36. The van der Waals surface area contributed by atoms with E-state index in [9.17, 15) is 4.79 Å². The highest BCUT2D eigenvalue weighted by Crippen LogP contribution is 2.17. The predicted octanol–water partition coefficient (Wildman–Crippen LogP) is 1.25. The summed E-state index contributed by atoms with van der Waals surface area (Å²) in [5.41, 5.74) is 3.23. The van der Waals surface area contributed by atoms with Crippen LogP contribution in [0.2, 0.25) is 0 Å². The van der Waals surface area contributed by atoms with Crippen LogP contribution in [0.5, 0.6) is 0 Å². The molecule has 2 rings (SSSR count). The highest BCUT2D eigenvalue weighted by atomic mass is 16.5. The molecular weight excluding hydrogens is 232 g/mol. The lowest BCUT2D eigenvalue weighted by Crippen LogP contribution is -1.99. The van der Waals surface area contributed by atoms with E-state index < -0.39 is 0 Å². The summed E-state index contributed by atoms with van der Waals surface area (Å²) in [5, 5.41) is 8.00. The van der Waals surface area contributed by atoms with Crippen LogP contribution in [0.4, 0.5) is 0 Å². The van der Waals surface area contributed by atoms with E-state index in [1.807, 2.05) is 14.0 Å². The molecule has 0 atom stereocenters. The van der Waals surface area contributed by atoms with Crippen LogP contribution in [0, 0.1) is 6.92 Å². The van der Waals surface area contributed by atoms with Gasteiger partial charge in [-0.15, -0.1) is 5.10 Å². The van der Waals surface area contributed by atoms with E-state index >= 15 is 0 Å². The second kappa shape index (κ2) is 4.95. The van der Waals surface area contributed by atoms with Gasteiger partial charge < -0.3 is 4.74 Å². The van der Waals surface area contributed by atoms with E-state index in [0.29, 0.717) is 12.3 Å². The van der Waals surface area contributed by atoms with E-state index in [1.165, 1.54) is 6.08 Å². The molecule has 0 radical (unpaired) electrons. The molecule has 0 spiro atoms.